The number of nitrogens with zero attached hydrogens (tertiary/aromatic N) is 3. The van der Waals surface area contributed by atoms with E-state index in [4.69, 9.17) is 4.74 Å². The minimum Gasteiger partial charge on any atom is -0.383 e. The quantitative estimate of drug-likeness (QED) is 0.804. The Bertz CT molecular complexity index is 687. The van der Waals surface area contributed by atoms with Crippen LogP contribution in [0.5, 0.6) is 0 Å². The van der Waals surface area contributed by atoms with Crippen LogP contribution >= 0.6 is 0 Å². The summed E-state index contributed by atoms with van der Waals surface area (Å²) in [7, 11) is 1.59. The summed E-state index contributed by atoms with van der Waals surface area (Å²) in [4.78, 5) is 46.8. The first-order valence-electron chi connectivity index (χ1n) is 8.21. The van der Waals surface area contributed by atoms with Crippen LogP contribution in [0.15, 0.2) is 11.1 Å². The number of fused-ring (bicyclic) bond motifs is 1. The second-order valence-electron chi connectivity index (χ2n) is 6.23. The predicted molar refractivity (Wildman–Crippen MR) is 85.2 cm³/mol. The second kappa shape index (κ2) is 7.12. The van der Waals surface area contributed by atoms with Crippen LogP contribution in [-0.4, -0.2) is 64.9 Å². The van der Waals surface area contributed by atoms with Gasteiger partial charge in [0.1, 0.15) is 0 Å². The van der Waals surface area contributed by atoms with Crippen molar-refractivity contribution in [3.05, 3.63) is 27.9 Å². The largest absolute Gasteiger partial charge is 0.383 e. The van der Waals surface area contributed by atoms with Crippen molar-refractivity contribution in [2.24, 2.45) is 5.92 Å². The van der Waals surface area contributed by atoms with Crippen LogP contribution in [0.1, 0.15) is 24.1 Å². The predicted octanol–water partition coefficient (Wildman–Crippen LogP) is -0.460. The van der Waals surface area contributed by atoms with Gasteiger partial charge in [-0.1, -0.05) is 0 Å². The van der Waals surface area contributed by atoms with Gasteiger partial charge in [-0.25, -0.2) is 4.98 Å². The molecule has 0 aliphatic carbocycles. The van der Waals surface area contributed by atoms with Crippen LogP contribution in [0.4, 0.5) is 0 Å². The Kier molecular flexibility index (Phi) is 4.94. The van der Waals surface area contributed by atoms with E-state index in [1.54, 1.807) is 16.9 Å². The fraction of sp³-hybridized carbons (Fsp3) is 0.625. The molecule has 0 bridgehead atoms. The Morgan fingerprint density at radius 1 is 1.42 bits per heavy atom. The van der Waals surface area contributed by atoms with Crippen molar-refractivity contribution in [2.75, 3.05) is 33.4 Å². The Hall–Kier alpha value is -2.22. The molecule has 2 amide bonds. The number of amides is 2. The number of rotatable bonds is 4. The molecule has 0 saturated carbocycles. The summed E-state index contributed by atoms with van der Waals surface area (Å²) < 4.78 is 5.02. The lowest BCUT2D eigenvalue weighted by molar-refractivity contribution is -0.144. The normalized spacial score (nSPS) is 20.9. The number of hydrogen-bond donors (Lipinski definition) is 1. The van der Waals surface area contributed by atoms with Crippen LogP contribution in [0.25, 0.3) is 0 Å². The SMILES string of the molecule is COCCN1C[C@H](C(=O)N2CCc3nc[nH]c(=O)c3C2)CCC1=O. The molecular weight excluding hydrogens is 312 g/mol. The third kappa shape index (κ3) is 3.33. The number of carbonyl (C=O) groups excluding carboxylic acids is 2. The van der Waals surface area contributed by atoms with Crippen molar-refractivity contribution in [3.63, 3.8) is 0 Å². The summed E-state index contributed by atoms with van der Waals surface area (Å²) in [6.45, 7) is 2.24. The van der Waals surface area contributed by atoms with Gasteiger partial charge in [0.25, 0.3) is 5.56 Å². The average molecular weight is 334 g/mol. The molecule has 1 aromatic rings. The van der Waals surface area contributed by atoms with E-state index in [0.717, 1.165) is 5.69 Å². The highest BCUT2D eigenvalue weighted by Gasteiger charge is 2.34. The zero-order valence-electron chi connectivity index (χ0n) is 13.8. The maximum absolute atomic E-state index is 12.8. The average Bonchev–Trinajstić information content (AvgIpc) is 2.60. The lowest BCUT2D eigenvalue weighted by Gasteiger charge is -2.36. The molecule has 1 atom stereocenters. The van der Waals surface area contributed by atoms with Gasteiger partial charge in [-0.15, -0.1) is 0 Å². The van der Waals surface area contributed by atoms with Gasteiger partial charge in [-0.3, -0.25) is 14.4 Å². The molecule has 0 spiro atoms. The molecule has 8 heteroatoms. The highest BCUT2D eigenvalue weighted by atomic mass is 16.5. The van der Waals surface area contributed by atoms with E-state index in [-0.39, 0.29) is 23.3 Å². The van der Waals surface area contributed by atoms with Gasteiger partial charge < -0.3 is 19.5 Å². The van der Waals surface area contributed by atoms with Crippen LogP contribution in [0, 0.1) is 5.92 Å². The van der Waals surface area contributed by atoms with E-state index >= 15 is 0 Å². The number of likely N-dealkylation sites (tertiary alicyclic amines) is 1. The number of ether oxygens (including phenoxy) is 1. The van der Waals surface area contributed by atoms with E-state index in [1.807, 2.05) is 0 Å². The Morgan fingerprint density at radius 3 is 3.04 bits per heavy atom. The number of aromatic amines is 1. The third-order valence-electron chi connectivity index (χ3n) is 4.73. The molecule has 1 N–H and O–H groups in total. The van der Waals surface area contributed by atoms with Crippen LogP contribution in [-0.2, 0) is 27.3 Å². The van der Waals surface area contributed by atoms with Crippen LogP contribution in [0.2, 0.25) is 0 Å². The lowest BCUT2D eigenvalue weighted by atomic mass is 9.94. The minimum absolute atomic E-state index is 0.0128. The topological polar surface area (TPSA) is 95.6 Å². The van der Waals surface area contributed by atoms with Crippen molar-refractivity contribution < 1.29 is 14.3 Å². The van der Waals surface area contributed by atoms with Crippen molar-refractivity contribution in [2.45, 2.75) is 25.8 Å². The van der Waals surface area contributed by atoms with Gasteiger partial charge in [-0.2, -0.15) is 0 Å². The Morgan fingerprint density at radius 2 is 2.25 bits per heavy atom. The molecule has 24 heavy (non-hydrogen) atoms. The lowest BCUT2D eigenvalue weighted by Crippen LogP contribution is -2.49. The van der Waals surface area contributed by atoms with Crippen LogP contribution in [0.3, 0.4) is 0 Å². The van der Waals surface area contributed by atoms with E-state index < -0.39 is 0 Å². The highest BCUT2D eigenvalue weighted by molar-refractivity contribution is 5.84. The van der Waals surface area contributed by atoms with Crippen molar-refractivity contribution in [1.82, 2.24) is 19.8 Å². The van der Waals surface area contributed by atoms with E-state index in [1.165, 1.54) is 6.33 Å². The fourth-order valence-corrected chi connectivity index (χ4v) is 3.33. The number of hydrogen-bond acceptors (Lipinski definition) is 5. The molecule has 3 rings (SSSR count). The summed E-state index contributed by atoms with van der Waals surface area (Å²) >= 11 is 0. The molecule has 1 aromatic heterocycles. The van der Waals surface area contributed by atoms with Crippen molar-refractivity contribution >= 4 is 11.8 Å². The van der Waals surface area contributed by atoms with Gasteiger partial charge in [0, 0.05) is 39.6 Å². The molecule has 1 saturated heterocycles. The first-order chi connectivity index (χ1) is 11.6. The van der Waals surface area contributed by atoms with Gasteiger partial charge in [0.05, 0.1) is 36.7 Å². The first-order valence-corrected chi connectivity index (χ1v) is 8.21. The Balaban J connectivity index is 1.67. The molecule has 1 fully saturated rings. The monoisotopic (exact) mass is 334 g/mol. The van der Waals surface area contributed by atoms with Crippen LogP contribution < -0.4 is 5.56 Å². The zero-order chi connectivity index (χ0) is 17.1. The van der Waals surface area contributed by atoms with Gasteiger partial charge in [-0.05, 0) is 6.42 Å². The molecule has 0 radical (unpaired) electrons. The third-order valence-corrected chi connectivity index (χ3v) is 4.73. The number of methoxy groups -OCH3 is 1. The van der Waals surface area contributed by atoms with E-state index in [9.17, 15) is 14.4 Å². The molecular formula is C16H22N4O4. The number of carbonyl (C=O) groups is 2. The maximum atomic E-state index is 12.8. The highest BCUT2D eigenvalue weighted by Crippen LogP contribution is 2.22. The Labute approximate surface area is 139 Å². The number of nitrogens with one attached hydrogen (secondary N) is 1. The van der Waals surface area contributed by atoms with Crippen molar-refractivity contribution in [3.8, 4) is 0 Å². The molecule has 0 unspecified atom stereocenters. The molecule has 130 valence electrons. The molecule has 3 heterocycles. The number of aromatic nitrogens is 2. The molecule has 2 aliphatic heterocycles. The molecule has 8 nitrogen and oxygen atoms in total. The van der Waals surface area contributed by atoms with Crippen molar-refractivity contribution in [1.29, 1.82) is 0 Å². The smallest absolute Gasteiger partial charge is 0.255 e. The summed E-state index contributed by atoms with van der Waals surface area (Å²) in [5.41, 5.74) is 1.15. The van der Waals surface area contributed by atoms with Gasteiger partial charge >= 0.3 is 0 Å². The standard InChI is InChI=1S/C16H22N4O4/c1-24-7-6-19-8-11(2-3-14(19)21)16(23)20-5-4-13-12(9-20)15(22)18-10-17-13/h10-11H,2-9H2,1H3,(H,17,18,22)/t11-/m1/s1. The fourth-order valence-electron chi connectivity index (χ4n) is 3.33. The second-order valence-corrected chi connectivity index (χ2v) is 6.23. The summed E-state index contributed by atoms with van der Waals surface area (Å²) in [6, 6.07) is 0. The molecule has 2 aliphatic rings. The minimum atomic E-state index is -0.211. The van der Waals surface area contributed by atoms with E-state index in [0.29, 0.717) is 57.6 Å². The summed E-state index contributed by atoms with van der Waals surface area (Å²) in [5.74, 6) is -0.128. The van der Waals surface area contributed by atoms with Gasteiger partial charge in [0.15, 0.2) is 0 Å². The number of H-pyrrole nitrogens is 1. The first kappa shape index (κ1) is 16.6. The maximum Gasteiger partial charge on any atom is 0.255 e. The number of piperidine rings is 1. The summed E-state index contributed by atoms with van der Waals surface area (Å²) in [6.07, 6.45) is 2.93. The molecule has 0 aromatic carbocycles. The zero-order valence-corrected chi connectivity index (χ0v) is 13.8. The van der Waals surface area contributed by atoms with Gasteiger partial charge in [0.2, 0.25) is 11.8 Å². The van der Waals surface area contributed by atoms with E-state index in [2.05, 4.69) is 9.97 Å². The summed E-state index contributed by atoms with van der Waals surface area (Å²) in [5, 5.41) is 0.